The predicted octanol–water partition coefficient (Wildman–Crippen LogP) is 2.46. The van der Waals surface area contributed by atoms with Crippen LogP contribution in [0.2, 0.25) is 0 Å². The topological polar surface area (TPSA) is 66.7 Å². The molecule has 5 heteroatoms. The van der Waals surface area contributed by atoms with Crippen molar-refractivity contribution in [2.24, 2.45) is 0 Å². The van der Waals surface area contributed by atoms with E-state index in [1.807, 2.05) is 24.6 Å². The quantitative estimate of drug-likeness (QED) is 0.725. The molecule has 0 fully saturated rings. The Kier molecular flexibility index (Phi) is 2.33. The van der Waals surface area contributed by atoms with Gasteiger partial charge in [0, 0.05) is 12.6 Å². The number of benzene rings is 1. The largest absolute Gasteiger partial charge is 0.508 e. The van der Waals surface area contributed by atoms with Crippen LogP contribution in [0.15, 0.2) is 24.3 Å². The van der Waals surface area contributed by atoms with Gasteiger partial charge in [-0.2, -0.15) is 5.10 Å². The number of H-pyrrole nitrogens is 1. The number of aromatic hydroxyl groups is 1. The van der Waals surface area contributed by atoms with E-state index >= 15 is 0 Å². The third-order valence-electron chi connectivity index (χ3n) is 2.91. The van der Waals surface area contributed by atoms with Crippen molar-refractivity contribution in [1.29, 1.82) is 0 Å². The van der Waals surface area contributed by atoms with Crippen molar-refractivity contribution < 1.29 is 5.11 Å². The summed E-state index contributed by atoms with van der Waals surface area (Å²) < 4.78 is 1.91. The Labute approximate surface area is 104 Å². The van der Waals surface area contributed by atoms with Crippen molar-refractivity contribution in [3.8, 4) is 17.3 Å². The molecule has 2 heterocycles. The van der Waals surface area contributed by atoms with Crippen molar-refractivity contribution in [3.05, 3.63) is 30.0 Å². The molecule has 0 spiro atoms. The fourth-order valence-electron chi connectivity index (χ4n) is 2.10. The molecule has 18 heavy (non-hydrogen) atoms. The molecule has 92 valence electrons. The van der Waals surface area contributed by atoms with Gasteiger partial charge in [-0.15, -0.1) is 0 Å². The zero-order chi connectivity index (χ0) is 12.7. The molecule has 3 aromatic rings. The molecule has 0 unspecified atom stereocenters. The number of hydrogen-bond donors (Lipinski definition) is 2. The van der Waals surface area contributed by atoms with Gasteiger partial charge in [-0.3, -0.25) is 4.68 Å². The van der Waals surface area contributed by atoms with Crippen LogP contribution in [0.3, 0.4) is 0 Å². The van der Waals surface area contributed by atoms with Crippen LogP contribution in [-0.4, -0.2) is 24.9 Å². The van der Waals surface area contributed by atoms with Gasteiger partial charge in [-0.1, -0.05) is 0 Å². The minimum Gasteiger partial charge on any atom is -0.508 e. The number of aryl methyl sites for hydroxylation is 2. The monoisotopic (exact) mass is 242 g/mol. The van der Waals surface area contributed by atoms with Crippen LogP contribution in [0.4, 0.5) is 0 Å². The lowest BCUT2D eigenvalue weighted by atomic mass is 10.3. The standard InChI is InChI=1S/C13H14N4O/c1-3-17-12(6-8(2)16-17)13-14-10-5-4-9(18)7-11(10)15-13/h4-7,18H,3H2,1-2H3,(H,14,15). The van der Waals surface area contributed by atoms with Crippen LogP contribution in [0.1, 0.15) is 12.6 Å². The van der Waals surface area contributed by atoms with Gasteiger partial charge < -0.3 is 10.1 Å². The van der Waals surface area contributed by atoms with Gasteiger partial charge in [-0.25, -0.2) is 4.98 Å². The molecule has 5 nitrogen and oxygen atoms in total. The highest BCUT2D eigenvalue weighted by atomic mass is 16.3. The predicted molar refractivity (Wildman–Crippen MR) is 69.4 cm³/mol. The summed E-state index contributed by atoms with van der Waals surface area (Å²) in [4.78, 5) is 7.73. The SMILES string of the molecule is CCn1nc(C)cc1-c1nc2ccc(O)cc2[nH]1. The average Bonchev–Trinajstić information content (AvgIpc) is 2.91. The molecule has 0 radical (unpaired) electrons. The lowest BCUT2D eigenvalue weighted by Gasteiger charge is -1.99. The number of nitrogens with zero attached hydrogens (tertiary/aromatic N) is 3. The minimum absolute atomic E-state index is 0.234. The highest BCUT2D eigenvalue weighted by Crippen LogP contribution is 2.23. The van der Waals surface area contributed by atoms with Crippen LogP contribution >= 0.6 is 0 Å². The maximum atomic E-state index is 9.45. The van der Waals surface area contributed by atoms with E-state index in [4.69, 9.17) is 0 Å². The van der Waals surface area contributed by atoms with E-state index in [0.717, 1.165) is 34.8 Å². The first kappa shape index (κ1) is 10.8. The van der Waals surface area contributed by atoms with Gasteiger partial charge >= 0.3 is 0 Å². The highest BCUT2D eigenvalue weighted by Gasteiger charge is 2.11. The molecule has 3 rings (SSSR count). The first-order chi connectivity index (χ1) is 8.67. The summed E-state index contributed by atoms with van der Waals surface area (Å²) in [5.41, 5.74) is 3.59. The normalized spacial score (nSPS) is 11.2. The van der Waals surface area contributed by atoms with E-state index < -0.39 is 0 Å². The molecule has 0 saturated heterocycles. The van der Waals surface area contributed by atoms with Crippen molar-refractivity contribution in [2.75, 3.05) is 0 Å². The van der Waals surface area contributed by atoms with Crippen LogP contribution in [0, 0.1) is 6.92 Å². The first-order valence-corrected chi connectivity index (χ1v) is 5.91. The molecule has 0 saturated carbocycles. The summed E-state index contributed by atoms with van der Waals surface area (Å²) in [7, 11) is 0. The summed E-state index contributed by atoms with van der Waals surface area (Å²) in [6.07, 6.45) is 0. The van der Waals surface area contributed by atoms with Crippen LogP contribution < -0.4 is 0 Å². The fraction of sp³-hybridized carbons (Fsp3) is 0.231. The summed E-state index contributed by atoms with van der Waals surface area (Å²) in [5, 5.41) is 13.9. The molecular formula is C13H14N4O. The van der Waals surface area contributed by atoms with E-state index in [2.05, 4.69) is 15.1 Å². The Morgan fingerprint density at radius 2 is 2.17 bits per heavy atom. The Hall–Kier alpha value is -2.30. The van der Waals surface area contributed by atoms with Gasteiger partial charge in [0.25, 0.3) is 0 Å². The van der Waals surface area contributed by atoms with Gasteiger partial charge in [-0.05, 0) is 32.0 Å². The number of aromatic nitrogens is 4. The van der Waals surface area contributed by atoms with E-state index in [1.165, 1.54) is 0 Å². The van der Waals surface area contributed by atoms with Crippen molar-refractivity contribution in [3.63, 3.8) is 0 Å². The molecule has 0 atom stereocenters. The van der Waals surface area contributed by atoms with Gasteiger partial charge in [0.2, 0.25) is 0 Å². The highest BCUT2D eigenvalue weighted by molar-refractivity contribution is 5.80. The summed E-state index contributed by atoms with van der Waals surface area (Å²) >= 11 is 0. The Bertz CT molecular complexity index is 711. The lowest BCUT2D eigenvalue weighted by Crippen LogP contribution is -1.99. The van der Waals surface area contributed by atoms with Crippen molar-refractivity contribution >= 4 is 11.0 Å². The molecule has 0 aliphatic heterocycles. The zero-order valence-corrected chi connectivity index (χ0v) is 10.3. The number of phenolic OH excluding ortho intramolecular Hbond substituents is 1. The summed E-state index contributed by atoms with van der Waals surface area (Å²) in [6, 6.07) is 7.10. The Morgan fingerprint density at radius 1 is 1.33 bits per heavy atom. The second-order valence-corrected chi connectivity index (χ2v) is 4.27. The van der Waals surface area contributed by atoms with Crippen LogP contribution in [0.25, 0.3) is 22.6 Å². The van der Waals surface area contributed by atoms with E-state index in [1.54, 1.807) is 18.2 Å². The van der Waals surface area contributed by atoms with Gasteiger partial charge in [0.05, 0.1) is 16.7 Å². The van der Waals surface area contributed by atoms with Crippen molar-refractivity contribution in [1.82, 2.24) is 19.7 Å². The third-order valence-corrected chi connectivity index (χ3v) is 2.91. The molecule has 2 N–H and O–H groups in total. The Balaban J connectivity index is 2.18. The maximum Gasteiger partial charge on any atom is 0.156 e. The molecule has 0 aliphatic rings. The van der Waals surface area contributed by atoms with E-state index in [9.17, 15) is 5.11 Å². The number of imidazole rings is 1. The van der Waals surface area contributed by atoms with Gasteiger partial charge in [0.1, 0.15) is 11.4 Å². The van der Waals surface area contributed by atoms with Crippen molar-refractivity contribution in [2.45, 2.75) is 20.4 Å². The molecule has 2 aromatic heterocycles. The maximum absolute atomic E-state index is 9.45. The lowest BCUT2D eigenvalue weighted by molar-refractivity contribution is 0.476. The molecule has 1 aromatic carbocycles. The number of aromatic amines is 1. The number of rotatable bonds is 2. The first-order valence-electron chi connectivity index (χ1n) is 5.91. The fourth-order valence-corrected chi connectivity index (χ4v) is 2.10. The smallest absolute Gasteiger partial charge is 0.156 e. The molecular weight excluding hydrogens is 228 g/mol. The summed E-state index contributed by atoms with van der Waals surface area (Å²) in [6.45, 7) is 4.81. The van der Waals surface area contributed by atoms with E-state index in [0.29, 0.717) is 0 Å². The zero-order valence-electron chi connectivity index (χ0n) is 10.3. The van der Waals surface area contributed by atoms with E-state index in [-0.39, 0.29) is 5.75 Å². The number of hydrogen-bond acceptors (Lipinski definition) is 3. The van der Waals surface area contributed by atoms with Crippen LogP contribution in [0.5, 0.6) is 5.75 Å². The third kappa shape index (κ3) is 1.64. The Morgan fingerprint density at radius 3 is 2.94 bits per heavy atom. The molecule has 0 amide bonds. The van der Waals surface area contributed by atoms with Crippen LogP contribution in [-0.2, 0) is 6.54 Å². The number of fused-ring (bicyclic) bond motifs is 1. The second-order valence-electron chi connectivity index (χ2n) is 4.27. The molecule has 0 aliphatic carbocycles. The molecule has 0 bridgehead atoms. The number of nitrogens with one attached hydrogen (secondary N) is 1. The second kappa shape index (κ2) is 3.87. The average molecular weight is 242 g/mol. The minimum atomic E-state index is 0.234. The summed E-state index contributed by atoms with van der Waals surface area (Å²) in [5.74, 6) is 1.01. The van der Waals surface area contributed by atoms with Gasteiger partial charge in [0.15, 0.2) is 5.82 Å². The number of phenols is 1.